The number of nitrogens with zero attached hydrogens (tertiary/aromatic N) is 2. The maximum absolute atomic E-state index is 13.7. The Kier molecular flexibility index (Phi) is 11.6. The molecule has 12 nitrogen and oxygen atoms in total. The van der Waals surface area contributed by atoms with Gasteiger partial charge in [-0.25, -0.2) is 13.2 Å². The monoisotopic (exact) mass is 678 g/mol. The average Bonchev–Trinajstić information content (AvgIpc) is 3.69. The van der Waals surface area contributed by atoms with Crippen molar-refractivity contribution >= 4 is 21.8 Å². The van der Waals surface area contributed by atoms with E-state index >= 15 is 0 Å². The molecule has 2 fully saturated rings. The molecule has 2 saturated heterocycles. The Morgan fingerprint density at radius 2 is 1.83 bits per heavy atom. The molecule has 3 aromatic carbocycles. The van der Waals surface area contributed by atoms with Gasteiger partial charge in [-0.05, 0) is 78.4 Å². The number of rotatable bonds is 14. The molecule has 0 saturated carbocycles. The Labute approximate surface area is 281 Å². The van der Waals surface area contributed by atoms with Crippen LogP contribution >= 0.6 is 0 Å². The minimum atomic E-state index is -4.00. The second-order valence-electron chi connectivity index (χ2n) is 12.5. The molecule has 13 heteroatoms. The number of nitrogens with two attached hydrogens (primary N) is 1. The van der Waals surface area contributed by atoms with E-state index in [-0.39, 0.29) is 49.5 Å². The topological polar surface area (TPSA) is 173 Å². The van der Waals surface area contributed by atoms with E-state index in [1.807, 2.05) is 32.0 Å². The number of aliphatic hydroxyl groups is 1. The van der Waals surface area contributed by atoms with Crippen LogP contribution in [0.3, 0.4) is 0 Å². The standard InChI is InChI=1S/C35H42N4O8S/c1-23(2)19-39(48(42,43)29-12-8-27(37)9-13-29)20-32(40)31(38-35(41)47-33-22-46-34-30(33)14-15-44-34)17-24-6-10-28(11-7-24)45-21-26-5-3-4-25(16-26)18-36/h3-13,16,23,30-34,40H,14-15,17,19-22,37H2,1-2H3,(H,38,41). The van der Waals surface area contributed by atoms with Crippen LogP contribution in [0.2, 0.25) is 0 Å². The van der Waals surface area contributed by atoms with Crippen LogP contribution < -0.4 is 15.8 Å². The largest absolute Gasteiger partial charge is 0.489 e. The molecule has 256 valence electrons. The van der Waals surface area contributed by atoms with Crippen molar-refractivity contribution in [1.29, 1.82) is 5.26 Å². The molecule has 0 aliphatic carbocycles. The smallest absolute Gasteiger partial charge is 0.407 e. The van der Waals surface area contributed by atoms with Crippen molar-refractivity contribution in [3.63, 3.8) is 0 Å². The van der Waals surface area contributed by atoms with Gasteiger partial charge in [0.25, 0.3) is 0 Å². The summed E-state index contributed by atoms with van der Waals surface area (Å²) in [6, 6.07) is 21.4. The summed E-state index contributed by atoms with van der Waals surface area (Å²) < 4.78 is 51.4. The minimum absolute atomic E-state index is 0.0454. The number of carbonyl (C=O) groups is 1. The molecule has 5 atom stereocenters. The number of benzene rings is 3. The van der Waals surface area contributed by atoms with Crippen molar-refractivity contribution in [3.05, 3.63) is 89.5 Å². The number of aliphatic hydroxyl groups excluding tert-OH is 1. The fourth-order valence-corrected chi connectivity index (χ4v) is 7.45. The van der Waals surface area contributed by atoms with Crippen LogP contribution in [0.25, 0.3) is 0 Å². The van der Waals surface area contributed by atoms with Crippen LogP contribution in [0, 0.1) is 23.2 Å². The maximum Gasteiger partial charge on any atom is 0.407 e. The number of fused-ring (bicyclic) bond motifs is 1. The first-order valence-electron chi connectivity index (χ1n) is 16.0. The number of nitriles is 1. The molecular formula is C35H42N4O8S. The van der Waals surface area contributed by atoms with Gasteiger partial charge in [0.15, 0.2) is 6.29 Å². The van der Waals surface area contributed by atoms with Gasteiger partial charge in [-0.3, -0.25) is 0 Å². The van der Waals surface area contributed by atoms with Crippen molar-refractivity contribution in [2.75, 3.05) is 32.0 Å². The molecule has 4 N–H and O–H groups in total. The van der Waals surface area contributed by atoms with Gasteiger partial charge >= 0.3 is 6.09 Å². The van der Waals surface area contributed by atoms with Crippen LogP contribution in [0.1, 0.15) is 37.0 Å². The van der Waals surface area contributed by atoms with Gasteiger partial charge in [0.05, 0.1) is 47.8 Å². The molecule has 2 aliphatic heterocycles. The Balaban J connectivity index is 1.31. The number of amides is 1. The third-order valence-corrected chi connectivity index (χ3v) is 10.2. The molecule has 48 heavy (non-hydrogen) atoms. The van der Waals surface area contributed by atoms with E-state index in [2.05, 4.69) is 11.4 Å². The highest BCUT2D eigenvalue weighted by Crippen LogP contribution is 2.33. The molecule has 3 aromatic rings. The molecule has 0 spiro atoms. The van der Waals surface area contributed by atoms with Crippen molar-refractivity contribution in [1.82, 2.24) is 9.62 Å². The Hall–Kier alpha value is -4.19. The molecule has 1 amide bonds. The van der Waals surface area contributed by atoms with E-state index in [0.29, 0.717) is 30.0 Å². The summed E-state index contributed by atoms with van der Waals surface area (Å²) >= 11 is 0. The van der Waals surface area contributed by atoms with Crippen LogP contribution in [-0.2, 0) is 37.3 Å². The number of hydrogen-bond donors (Lipinski definition) is 3. The predicted molar refractivity (Wildman–Crippen MR) is 177 cm³/mol. The lowest BCUT2D eigenvalue weighted by molar-refractivity contribution is -0.0907. The summed E-state index contributed by atoms with van der Waals surface area (Å²) in [4.78, 5) is 13.3. The third-order valence-electron chi connectivity index (χ3n) is 8.33. The van der Waals surface area contributed by atoms with Crippen LogP contribution in [0.4, 0.5) is 10.5 Å². The minimum Gasteiger partial charge on any atom is -0.489 e. The first-order valence-corrected chi connectivity index (χ1v) is 17.4. The van der Waals surface area contributed by atoms with Crippen LogP contribution in [-0.4, -0.2) is 74.8 Å². The van der Waals surface area contributed by atoms with Crippen molar-refractivity contribution in [2.24, 2.45) is 11.8 Å². The number of alkyl carbamates (subject to hydrolysis) is 1. The molecular weight excluding hydrogens is 636 g/mol. The number of nitrogen functional groups attached to an aromatic ring is 1. The van der Waals surface area contributed by atoms with E-state index in [4.69, 9.17) is 29.9 Å². The fraction of sp³-hybridized carbons (Fsp3) is 0.429. The number of sulfonamides is 1. The Morgan fingerprint density at radius 3 is 2.54 bits per heavy atom. The van der Waals surface area contributed by atoms with Crippen molar-refractivity contribution in [3.8, 4) is 11.8 Å². The zero-order valence-electron chi connectivity index (χ0n) is 27.0. The van der Waals surface area contributed by atoms with Crippen molar-refractivity contribution in [2.45, 2.75) is 62.7 Å². The van der Waals surface area contributed by atoms with Crippen LogP contribution in [0.15, 0.2) is 77.7 Å². The lowest BCUT2D eigenvalue weighted by atomic mass is 10.0. The van der Waals surface area contributed by atoms with Gasteiger partial charge < -0.3 is 35.1 Å². The van der Waals surface area contributed by atoms with E-state index in [0.717, 1.165) is 11.1 Å². The lowest BCUT2D eigenvalue weighted by Crippen LogP contribution is -2.51. The summed E-state index contributed by atoms with van der Waals surface area (Å²) in [7, 11) is -4.00. The first-order chi connectivity index (χ1) is 23.0. The van der Waals surface area contributed by atoms with Gasteiger partial charge in [0.2, 0.25) is 10.0 Å². The number of hydrogen-bond acceptors (Lipinski definition) is 10. The summed E-state index contributed by atoms with van der Waals surface area (Å²) in [5.74, 6) is 0.481. The number of carbonyl (C=O) groups excluding carboxylic acids is 1. The normalized spacial score (nSPS) is 20.2. The predicted octanol–water partition coefficient (Wildman–Crippen LogP) is 3.83. The second kappa shape index (κ2) is 15.8. The van der Waals surface area contributed by atoms with Gasteiger partial charge in [-0.1, -0.05) is 38.1 Å². The highest BCUT2D eigenvalue weighted by Gasteiger charge is 2.44. The molecule has 0 radical (unpaired) electrons. The van der Waals surface area contributed by atoms with Gasteiger partial charge in [0.1, 0.15) is 18.5 Å². The third kappa shape index (κ3) is 9.03. The first kappa shape index (κ1) is 35.1. The summed E-state index contributed by atoms with van der Waals surface area (Å²) in [6.07, 6.45) is -2.05. The Morgan fingerprint density at radius 1 is 1.08 bits per heavy atom. The second-order valence-corrected chi connectivity index (χ2v) is 14.5. The highest BCUT2D eigenvalue weighted by molar-refractivity contribution is 7.89. The summed E-state index contributed by atoms with van der Waals surface area (Å²) in [5, 5.41) is 23.5. The molecule has 0 aromatic heterocycles. The van der Waals surface area contributed by atoms with Crippen LogP contribution in [0.5, 0.6) is 5.75 Å². The maximum atomic E-state index is 13.7. The lowest BCUT2D eigenvalue weighted by Gasteiger charge is -2.31. The van der Waals surface area contributed by atoms with Gasteiger partial charge in [-0.2, -0.15) is 9.57 Å². The summed E-state index contributed by atoms with van der Waals surface area (Å²) in [6.45, 7) is 4.65. The molecule has 5 unspecified atom stereocenters. The van der Waals surface area contributed by atoms with Crippen molar-refractivity contribution < 1.29 is 37.3 Å². The molecule has 2 heterocycles. The summed E-state index contributed by atoms with van der Waals surface area (Å²) in [5.41, 5.74) is 8.38. The van der Waals surface area contributed by atoms with E-state index in [1.54, 1.807) is 30.3 Å². The quantitative estimate of drug-likeness (QED) is 0.213. The highest BCUT2D eigenvalue weighted by atomic mass is 32.2. The number of nitrogens with one attached hydrogen (secondary N) is 1. The molecule has 5 rings (SSSR count). The van der Waals surface area contributed by atoms with Gasteiger partial charge in [-0.15, -0.1) is 0 Å². The zero-order chi connectivity index (χ0) is 34.3. The number of ether oxygens (including phenoxy) is 4. The van der Waals surface area contributed by atoms with Gasteiger partial charge in [0, 0.05) is 18.8 Å². The van der Waals surface area contributed by atoms with E-state index < -0.39 is 40.7 Å². The number of anilines is 1. The Bertz CT molecular complexity index is 1680. The molecule has 0 bridgehead atoms. The SMILES string of the molecule is CC(C)CN(CC(O)C(Cc1ccc(OCc2cccc(C#N)c2)cc1)NC(=O)OC1COC2OCCC12)S(=O)(=O)c1ccc(N)cc1. The average molecular weight is 679 g/mol. The molecule has 2 aliphatic rings. The zero-order valence-corrected chi connectivity index (χ0v) is 27.8. The fourth-order valence-electron chi connectivity index (χ4n) is 5.83. The van der Waals surface area contributed by atoms with E-state index in [1.165, 1.54) is 28.6 Å². The van der Waals surface area contributed by atoms with E-state index in [9.17, 15) is 18.3 Å².